The normalized spacial score (nSPS) is 10.0. The van der Waals surface area contributed by atoms with Crippen molar-refractivity contribution < 1.29 is 0 Å². The molecule has 0 unspecified atom stereocenters. The highest BCUT2D eigenvalue weighted by Crippen LogP contribution is 2.16. The second kappa shape index (κ2) is 4.13. The van der Waals surface area contributed by atoms with Crippen molar-refractivity contribution in [2.75, 3.05) is 5.32 Å². The number of hydrogen-bond donors (Lipinski definition) is 1. The van der Waals surface area contributed by atoms with Gasteiger partial charge in [0, 0.05) is 11.9 Å². The highest BCUT2D eigenvalue weighted by Gasteiger charge is 1.97. The summed E-state index contributed by atoms with van der Waals surface area (Å²) in [7, 11) is 0. The number of aryl methyl sites for hydroxylation is 2. The summed E-state index contributed by atoms with van der Waals surface area (Å²) in [5.74, 6) is 0.893. The summed E-state index contributed by atoms with van der Waals surface area (Å²) in [5, 5.41) is 3.26. The fourth-order valence-electron chi connectivity index (χ4n) is 1.36. The highest BCUT2D eigenvalue weighted by atomic mass is 15.0. The van der Waals surface area contributed by atoms with E-state index in [9.17, 15) is 0 Å². The standard InChI is InChI=1S/C13H14N2/c1-10-8-13(14-9-11(10)2)15-12-6-4-3-5-7-12/h3-9H,1-2H3,(H,14,15). The maximum atomic E-state index is 4.32. The molecule has 1 N–H and O–H groups in total. The Kier molecular flexibility index (Phi) is 2.68. The summed E-state index contributed by atoms with van der Waals surface area (Å²) < 4.78 is 0. The molecular weight excluding hydrogens is 184 g/mol. The zero-order valence-corrected chi connectivity index (χ0v) is 8.99. The number of nitrogens with one attached hydrogen (secondary N) is 1. The minimum atomic E-state index is 0.893. The second-order valence-corrected chi connectivity index (χ2v) is 3.64. The first-order valence-corrected chi connectivity index (χ1v) is 5.01. The summed E-state index contributed by atoms with van der Waals surface area (Å²) in [4.78, 5) is 4.32. The topological polar surface area (TPSA) is 24.9 Å². The van der Waals surface area contributed by atoms with Crippen molar-refractivity contribution in [1.29, 1.82) is 0 Å². The molecule has 1 heterocycles. The smallest absolute Gasteiger partial charge is 0.130 e. The first kappa shape index (κ1) is 9.71. The number of anilines is 2. The number of hydrogen-bond acceptors (Lipinski definition) is 2. The lowest BCUT2D eigenvalue weighted by Crippen LogP contribution is -1.94. The minimum absolute atomic E-state index is 0.893. The van der Waals surface area contributed by atoms with Crippen LogP contribution >= 0.6 is 0 Å². The van der Waals surface area contributed by atoms with E-state index in [2.05, 4.69) is 30.2 Å². The molecule has 76 valence electrons. The lowest BCUT2D eigenvalue weighted by atomic mass is 10.2. The highest BCUT2D eigenvalue weighted by molar-refractivity contribution is 5.56. The average Bonchev–Trinajstić information content (AvgIpc) is 2.25. The van der Waals surface area contributed by atoms with Gasteiger partial charge < -0.3 is 5.32 Å². The maximum absolute atomic E-state index is 4.32. The van der Waals surface area contributed by atoms with Crippen LogP contribution in [0.4, 0.5) is 11.5 Å². The Labute approximate surface area is 90.0 Å². The number of para-hydroxylation sites is 1. The van der Waals surface area contributed by atoms with Crippen LogP contribution < -0.4 is 5.32 Å². The number of nitrogens with zero attached hydrogens (tertiary/aromatic N) is 1. The van der Waals surface area contributed by atoms with E-state index in [4.69, 9.17) is 0 Å². The van der Waals surface area contributed by atoms with E-state index in [1.54, 1.807) is 0 Å². The fourth-order valence-corrected chi connectivity index (χ4v) is 1.36. The van der Waals surface area contributed by atoms with Crippen LogP contribution in [0, 0.1) is 13.8 Å². The molecular formula is C13H14N2. The summed E-state index contributed by atoms with van der Waals surface area (Å²) in [5.41, 5.74) is 3.53. The monoisotopic (exact) mass is 198 g/mol. The summed E-state index contributed by atoms with van der Waals surface area (Å²) in [6.07, 6.45) is 1.89. The van der Waals surface area contributed by atoms with Gasteiger partial charge in [0.1, 0.15) is 5.82 Å². The third kappa shape index (κ3) is 2.34. The first-order valence-electron chi connectivity index (χ1n) is 5.01. The molecule has 15 heavy (non-hydrogen) atoms. The van der Waals surface area contributed by atoms with Crippen LogP contribution in [0.25, 0.3) is 0 Å². The molecule has 1 aromatic carbocycles. The molecule has 0 saturated heterocycles. The zero-order valence-electron chi connectivity index (χ0n) is 8.99. The van der Waals surface area contributed by atoms with Crippen LogP contribution in [0.15, 0.2) is 42.6 Å². The van der Waals surface area contributed by atoms with Gasteiger partial charge in [-0.25, -0.2) is 4.98 Å². The van der Waals surface area contributed by atoms with Crippen molar-refractivity contribution in [3.63, 3.8) is 0 Å². The van der Waals surface area contributed by atoms with Gasteiger partial charge in [0.15, 0.2) is 0 Å². The van der Waals surface area contributed by atoms with Gasteiger partial charge in [0.25, 0.3) is 0 Å². The summed E-state index contributed by atoms with van der Waals surface area (Å²) in [6.45, 7) is 4.15. The molecule has 2 aromatic rings. The van der Waals surface area contributed by atoms with Gasteiger partial charge in [-0.15, -0.1) is 0 Å². The molecule has 2 heteroatoms. The molecule has 2 nitrogen and oxygen atoms in total. The van der Waals surface area contributed by atoms with Crippen molar-refractivity contribution in [1.82, 2.24) is 4.98 Å². The van der Waals surface area contributed by atoms with Crippen LogP contribution in [0.3, 0.4) is 0 Å². The molecule has 0 fully saturated rings. The lowest BCUT2D eigenvalue weighted by molar-refractivity contribution is 1.21. The van der Waals surface area contributed by atoms with E-state index in [1.165, 1.54) is 11.1 Å². The summed E-state index contributed by atoms with van der Waals surface area (Å²) >= 11 is 0. The van der Waals surface area contributed by atoms with Crippen molar-refractivity contribution in [3.05, 3.63) is 53.7 Å². The number of aromatic nitrogens is 1. The zero-order chi connectivity index (χ0) is 10.7. The Bertz CT molecular complexity index is 449. The predicted molar refractivity (Wildman–Crippen MR) is 63.4 cm³/mol. The molecule has 0 aliphatic rings. The largest absolute Gasteiger partial charge is 0.340 e. The lowest BCUT2D eigenvalue weighted by Gasteiger charge is -2.07. The van der Waals surface area contributed by atoms with Crippen molar-refractivity contribution in [3.8, 4) is 0 Å². The average molecular weight is 198 g/mol. The quantitative estimate of drug-likeness (QED) is 0.799. The molecule has 0 amide bonds. The van der Waals surface area contributed by atoms with Crippen LogP contribution in [0.1, 0.15) is 11.1 Å². The van der Waals surface area contributed by atoms with Crippen molar-refractivity contribution in [2.24, 2.45) is 0 Å². The predicted octanol–water partition coefficient (Wildman–Crippen LogP) is 3.44. The van der Waals surface area contributed by atoms with Crippen molar-refractivity contribution >= 4 is 11.5 Å². The molecule has 2 rings (SSSR count). The molecule has 0 spiro atoms. The Hall–Kier alpha value is -1.83. The van der Waals surface area contributed by atoms with Gasteiger partial charge in [0.2, 0.25) is 0 Å². The Morgan fingerprint density at radius 1 is 1.00 bits per heavy atom. The van der Waals surface area contributed by atoms with E-state index in [-0.39, 0.29) is 0 Å². The Balaban J connectivity index is 2.22. The van der Waals surface area contributed by atoms with Crippen molar-refractivity contribution in [2.45, 2.75) is 13.8 Å². The second-order valence-electron chi connectivity index (χ2n) is 3.64. The Morgan fingerprint density at radius 3 is 2.40 bits per heavy atom. The van der Waals surface area contributed by atoms with Gasteiger partial charge in [-0.3, -0.25) is 0 Å². The van der Waals surface area contributed by atoms with Crippen LogP contribution in [0.2, 0.25) is 0 Å². The molecule has 0 radical (unpaired) electrons. The number of benzene rings is 1. The molecule has 0 atom stereocenters. The van der Waals surface area contributed by atoms with E-state index in [1.807, 2.05) is 36.5 Å². The van der Waals surface area contributed by atoms with E-state index in [0.717, 1.165) is 11.5 Å². The molecule has 0 aliphatic heterocycles. The Morgan fingerprint density at radius 2 is 1.73 bits per heavy atom. The van der Waals surface area contributed by atoms with Crippen LogP contribution in [-0.4, -0.2) is 4.98 Å². The minimum Gasteiger partial charge on any atom is -0.340 e. The third-order valence-electron chi connectivity index (χ3n) is 2.42. The fraction of sp³-hybridized carbons (Fsp3) is 0.154. The number of rotatable bonds is 2. The first-order chi connectivity index (χ1) is 7.25. The van der Waals surface area contributed by atoms with Gasteiger partial charge in [-0.2, -0.15) is 0 Å². The molecule has 0 aliphatic carbocycles. The summed E-state index contributed by atoms with van der Waals surface area (Å²) in [6, 6.07) is 12.1. The molecule has 0 saturated carbocycles. The maximum Gasteiger partial charge on any atom is 0.130 e. The van der Waals surface area contributed by atoms with Gasteiger partial charge in [-0.1, -0.05) is 18.2 Å². The van der Waals surface area contributed by atoms with Crippen LogP contribution in [-0.2, 0) is 0 Å². The van der Waals surface area contributed by atoms with Crippen LogP contribution in [0.5, 0.6) is 0 Å². The molecule has 1 aromatic heterocycles. The van der Waals surface area contributed by atoms with E-state index >= 15 is 0 Å². The van der Waals surface area contributed by atoms with Gasteiger partial charge >= 0.3 is 0 Å². The van der Waals surface area contributed by atoms with E-state index < -0.39 is 0 Å². The van der Waals surface area contributed by atoms with Gasteiger partial charge in [-0.05, 0) is 43.2 Å². The van der Waals surface area contributed by atoms with E-state index in [0.29, 0.717) is 0 Å². The molecule has 0 bridgehead atoms. The third-order valence-corrected chi connectivity index (χ3v) is 2.42. The number of pyridine rings is 1. The SMILES string of the molecule is Cc1cnc(Nc2ccccc2)cc1C. The van der Waals surface area contributed by atoms with Gasteiger partial charge in [0.05, 0.1) is 0 Å².